The van der Waals surface area contributed by atoms with Crippen LogP contribution in [0.15, 0.2) is 12.3 Å². The maximum absolute atomic E-state index is 8.54. The van der Waals surface area contributed by atoms with Crippen molar-refractivity contribution in [2.45, 2.75) is 19.9 Å². The summed E-state index contributed by atoms with van der Waals surface area (Å²) in [6.45, 7) is 3.66. The van der Waals surface area contributed by atoms with Crippen LogP contribution in [0.25, 0.3) is 0 Å². The van der Waals surface area contributed by atoms with Crippen LogP contribution in [-0.2, 0) is 6.54 Å². The fourth-order valence-corrected chi connectivity index (χ4v) is 1.02. The lowest BCUT2D eigenvalue weighted by atomic mass is 10.3. The first-order valence-electron chi connectivity index (χ1n) is 4.43. The number of hydrogen-bond donors (Lipinski definition) is 2. The molecule has 0 unspecified atom stereocenters. The van der Waals surface area contributed by atoms with E-state index in [2.05, 4.69) is 15.3 Å². The first kappa shape index (κ1) is 10.1. The van der Waals surface area contributed by atoms with E-state index in [0.717, 1.165) is 31.0 Å². The molecule has 0 aliphatic carbocycles. The summed E-state index contributed by atoms with van der Waals surface area (Å²) < 4.78 is 0. The molecule has 0 amide bonds. The molecule has 0 bridgehead atoms. The second-order valence-electron chi connectivity index (χ2n) is 2.85. The molecule has 0 aliphatic rings. The van der Waals surface area contributed by atoms with E-state index in [-0.39, 0.29) is 6.61 Å². The Morgan fingerprint density at radius 2 is 2.38 bits per heavy atom. The number of nitrogens with zero attached hydrogens (tertiary/aromatic N) is 2. The Morgan fingerprint density at radius 3 is 3.08 bits per heavy atom. The van der Waals surface area contributed by atoms with E-state index in [1.165, 1.54) is 0 Å². The van der Waals surface area contributed by atoms with Crippen LogP contribution in [0.2, 0.25) is 0 Å². The van der Waals surface area contributed by atoms with Crippen molar-refractivity contribution >= 4 is 0 Å². The molecule has 72 valence electrons. The van der Waals surface area contributed by atoms with Gasteiger partial charge in [-0.3, -0.25) is 0 Å². The normalized spacial score (nSPS) is 10.3. The van der Waals surface area contributed by atoms with E-state index in [1.807, 2.05) is 13.0 Å². The lowest BCUT2D eigenvalue weighted by molar-refractivity contribution is 0.286. The second-order valence-corrected chi connectivity index (χ2v) is 2.85. The van der Waals surface area contributed by atoms with Crippen LogP contribution < -0.4 is 5.32 Å². The van der Waals surface area contributed by atoms with Gasteiger partial charge in [0.05, 0.1) is 5.69 Å². The molecular formula is C9H15N3O. The molecule has 1 aromatic heterocycles. The van der Waals surface area contributed by atoms with E-state index in [9.17, 15) is 0 Å². The predicted molar refractivity (Wildman–Crippen MR) is 50.2 cm³/mol. The average Bonchev–Trinajstić information content (AvgIpc) is 2.13. The van der Waals surface area contributed by atoms with Gasteiger partial charge in [-0.2, -0.15) is 0 Å². The Morgan fingerprint density at radius 1 is 1.54 bits per heavy atom. The number of aryl methyl sites for hydroxylation is 1. The van der Waals surface area contributed by atoms with Gasteiger partial charge in [-0.15, -0.1) is 0 Å². The topological polar surface area (TPSA) is 58.0 Å². The number of aliphatic hydroxyl groups is 1. The quantitative estimate of drug-likeness (QED) is 0.640. The zero-order chi connectivity index (χ0) is 9.52. The van der Waals surface area contributed by atoms with Gasteiger partial charge in [-0.1, -0.05) is 0 Å². The van der Waals surface area contributed by atoms with Gasteiger partial charge in [0.15, 0.2) is 0 Å². The molecule has 1 heterocycles. The molecular weight excluding hydrogens is 166 g/mol. The number of nitrogens with one attached hydrogen (secondary N) is 1. The van der Waals surface area contributed by atoms with Crippen molar-refractivity contribution in [3.8, 4) is 0 Å². The van der Waals surface area contributed by atoms with E-state index in [4.69, 9.17) is 5.11 Å². The molecule has 0 saturated carbocycles. The van der Waals surface area contributed by atoms with Crippen molar-refractivity contribution in [2.75, 3.05) is 13.2 Å². The molecule has 0 spiro atoms. The second kappa shape index (κ2) is 5.61. The van der Waals surface area contributed by atoms with Crippen molar-refractivity contribution in [3.63, 3.8) is 0 Å². The van der Waals surface area contributed by atoms with Crippen molar-refractivity contribution < 1.29 is 5.11 Å². The summed E-state index contributed by atoms with van der Waals surface area (Å²) in [5.41, 5.74) is 0.991. The van der Waals surface area contributed by atoms with E-state index in [1.54, 1.807) is 6.20 Å². The third-order valence-corrected chi connectivity index (χ3v) is 1.65. The fraction of sp³-hybridized carbons (Fsp3) is 0.556. The van der Waals surface area contributed by atoms with Gasteiger partial charge in [-0.05, 0) is 26.0 Å². The summed E-state index contributed by atoms with van der Waals surface area (Å²) in [6.07, 6.45) is 2.54. The van der Waals surface area contributed by atoms with E-state index < -0.39 is 0 Å². The highest BCUT2D eigenvalue weighted by Gasteiger charge is 1.94. The Balaban J connectivity index is 2.28. The van der Waals surface area contributed by atoms with Gasteiger partial charge in [0.1, 0.15) is 5.82 Å². The summed E-state index contributed by atoms with van der Waals surface area (Å²) in [5, 5.41) is 11.7. The molecule has 0 aliphatic heterocycles. The molecule has 0 atom stereocenters. The number of aliphatic hydroxyl groups excluding tert-OH is 1. The highest BCUT2D eigenvalue weighted by Crippen LogP contribution is 1.93. The van der Waals surface area contributed by atoms with Crippen LogP contribution >= 0.6 is 0 Å². The Labute approximate surface area is 78.0 Å². The lowest BCUT2D eigenvalue weighted by Crippen LogP contribution is -2.16. The van der Waals surface area contributed by atoms with Crippen LogP contribution in [0, 0.1) is 6.92 Å². The molecule has 4 nitrogen and oxygen atoms in total. The minimum atomic E-state index is 0.232. The van der Waals surface area contributed by atoms with Crippen molar-refractivity contribution in [1.29, 1.82) is 0 Å². The molecule has 1 aromatic rings. The smallest absolute Gasteiger partial charge is 0.125 e. The first-order chi connectivity index (χ1) is 6.33. The molecule has 0 radical (unpaired) electrons. The van der Waals surface area contributed by atoms with Crippen molar-refractivity contribution in [3.05, 3.63) is 23.8 Å². The number of rotatable bonds is 5. The largest absolute Gasteiger partial charge is 0.396 e. The molecule has 2 N–H and O–H groups in total. The lowest BCUT2D eigenvalue weighted by Gasteiger charge is -2.02. The van der Waals surface area contributed by atoms with E-state index >= 15 is 0 Å². The minimum Gasteiger partial charge on any atom is -0.396 e. The van der Waals surface area contributed by atoms with Gasteiger partial charge >= 0.3 is 0 Å². The fourth-order valence-electron chi connectivity index (χ4n) is 1.02. The molecule has 0 saturated heterocycles. The summed E-state index contributed by atoms with van der Waals surface area (Å²) in [7, 11) is 0. The predicted octanol–water partition coefficient (Wildman–Crippen LogP) is 0.257. The van der Waals surface area contributed by atoms with Crippen LogP contribution in [0.5, 0.6) is 0 Å². The molecule has 13 heavy (non-hydrogen) atoms. The monoisotopic (exact) mass is 181 g/mol. The van der Waals surface area contributed by atoms with Gasteiger partial charge in [-0.25, -0.2) is 9.97 Å². The standard InChI is InChI=1S/C9H15N3O/c1-8-11-5-3-9(12-8)7-10-4-2-6-13/h3,5,10,13H,2,4,6-7H2,1H3. The van der Waals surface area contributed by atoms with E-state index in [0.29, 0.717) is 0 Å². The average molecular weight is 181 g/mol. The van der Waals surface area contributed by atoms with Crippen molar-refractivity contribution in [1.82, 2.24) is 15.3 Å². The number of aromatic nitrogens is 2. The van der Waals surface area contributed by atoms with Crippen LogP contribution in [-0.4, -0.2) is 28.2 Å². The Hall–Kier alpha value is -1.00. The van der Waals surface area contributed by atoms with Gasteiger partial charge in [0.2, 0.25) is 0 Å². The summed E-state index contributed by atoms with van der Waals surface area (Å²) in [4.78, 5) is 8.24. The summed E-state index contributed by atoms with van der Waals surface area (Å²) >= 11 is 0. The Kier molecular flexibility index (Phi) is 4.35. The van der Waals surface area contributed by atoms with Crippen molar-refractivity contribution in [2.24, 2.45) is 0 Å². The minimum absolute atomic E-state index is 0.232. The maximum atomic E-state index is 8.54. The summed E-state index contributed by atoms with van der Waals surface area (Å²) in [6, 6.07) is 1.89. The number of hydrogen-bond acceptors (Lipinski definition) is 4. The van der Waals surface area contributed by atoms with Gasteiger partial charge < -0.3 is 10.4 Å². The highest BCUT2D eigenvalue weighted by atomic mass is 16.3. The van der Waals surface area contributed by atoms with Gasteiger partial charge in [0.25, 0.3) is 0 Å². The SMILES string of the molecule is Cc1nccc(CNCCCO)n1. The first-order valence-corrected chi connectivity index (χ1v) is 4.43. The Bertz CT molecular complexity index is 252. The maximum Gasteiger partial charge on any atom is 0.125 e. The third kappa shape index (κ3) is 3.96. The van der Waals surface area contributed by atoms with Crippen LogP contribution in [0.3, 0.4) is 0 Å². The highest BCUT2D eigenvalue weighted by molar-refractivity contribution is 5.00. The molecule has 0 fully saturated rings. The molecule has 0 aromatic carbocycles. The zero-order valence-corrected chi connectivity index (χ0v) is 7.82. The van der Waals surface area contributed by atoms with Gasteiger partial charge in [0, 0.05) is 19.3 Å². The molecule has 4 heteroatoms. The van der Waals surface area contributed by atoms with Crippen LogP contribution in [0.1, 0.15) is 17.9 Å². The molecule has 1 rings (SSSR count). The zero-order valence-electron chi connectivity index (χ0n) is 7.82. The summed E-state index contributed by atoms with van der Waals surface area (Å²) in [5.74, 6) is 0.793. The van der Waals surface area contributed by atoms with Crippen LogP contribution in [0.4, 0.5) is 0 Å². The third-order valence-electron chi connectivity index (χ3n) is 1.65.